The highest BCUT2D eigenvalue weighted by Gasteiger charge is 2.07. The van der Waals surface area contributed by atoms with E-state index in [0.717, 1.165) is 22.3 Å². The maximum atomic E-state index is 13.2. The highest BCUT2D eigenvalue weighted by Crippen LogP contribution is 2.26. The Morgan fingerprint density at radius 3 is 2.60 bits per heavy atom. The Kier molecular flexibility index (Phi) is 2.31. The van der Waals surface area contributed by atoms with Crippen LogP contribution in [0.2, 0.25) is 0 Å². The summed E-state index contributed by atoms with van der Waals surface area (Å²) in [6.07, 6.45) is 0. The fourth-order valence-corrected chi connectivity index (χ4v) is 1.86. The molecular weight excluding hydrogens is 191 g/mol. The minimum Gasteiger partial charge on any atom is -0.388 e. The van der Waals surface area contributed by atoms with E-state index in [2.05, 4.69) is 10.3 Å². The lowest BCUT2D eigenvalue weighted by atomic mass is 10.1. The van der Waals surface area contributed by atoms with Gasteiger partial charge in [0, 0.05) is 29.9 Å². The molecule has 0 saturated carbocycles. The van der Waals surface area contributed by atoms with Crippen LogP contribution in [0.15, 0.2) is 18.2 Å². The summed E-state index contributed by atoms with van der Waals surface area (Å²) < 4.78 is 13.2. The topological polar surface area (TPSA) is 24.9 Å². The molecule has 15 heavy (non-hydrogen) atoms. The van der Waals surface area contributed by atoms with Crippen molar-refractivity contribution >= 4 is 16.6 Å². The third-order valence-electron chi connectivity index (χ3n) is 2.47. The minimum absolute atomic E-state index is 0.236. The highest BCUT2D eigenvalue weighted by atomic mass is 19.1. The van der Waals surface area contributed by atoms with Crippen molar-refractivity contribution in [2.24, 2.45) is 0 Å². The smallest absolute Gasteiger partial charge is 0.125 e. The number of nitrogens with one attached hydrogen (secondary N) is 1. The van der Waals surface area contributed by atoms with E-state index in [1.807, 2.05) is 27.0 Å². The van der Waals surface area contributed by atoms with Gasteiger partial charge in [-0.05, 0) is 31.5 Å². The normalized spacial score (nSPS) is 10.7. The van der Waals surface area contributed by atoms with Crippen LogP contribution in [0.25, 0.3) is 10.9 Å². The van der Waals surface area contributed by atoms with Gasteiger partial charge in [0.1, 0.15) is 5.82 Å². The molecule has 1 aromatic carbocycles. The van der Waals surface area contributed by atoms with Crippen molar-refractivity contribution in [3.05, 3.63) is 35.3 Å². The van der Waals surface area contributed by atoms with Gasteiger partial charge < -0.3 is 5.32 Å². The zero-order chi connectivity index (χ0) is 11.0. The molecule has 0 aliphatic heterocycles. The van der Waals surface area contributed by atoms with E-state index < -0.39 is 0 Å². The van der Waals surface area contributed by atoms with Crippen molar-refractivity contribution < 1.29 is 4.39 Å². The van der Waals surface area contributed by atoms with Crippen LogP contribution < -0.4 is 5.32 Å². The van der Waals surface area contributed by atoms with Crippen LogP contribution in [0, 0.1) is 19.7 Å². The third-order valence-corrected chi connectivity index (χ3v) is 2.47. The molecule has 0 amide bonds. The second-order valence-electron chi connectivity index (χ2n) is 3.68. The van der Waals surface area contributed by atoms with E-state index in [9.17, 15) is 4.39 Å². The first-order valence-corrected chi connectivity index (χ1v) is 4.87. The molecule has 2 nitrogen and oxygen atoms in total. The van der Waals surface area contributed by atoms with E-state index in [-0.39, 0.29) is 5.82 Å². The summed E-state index contributed by atoms with van der Waals surface area (Å²) in [7, 11) is 1.86. The summed E-state index contributed by atoms with van der Waals surface area (Å²) in [6, 6.07) is 4.96. The number of rotatable bonds is 1. The Hall–Kier alpha value is -1.64. The summed E-state index contributed by atoms with van der Waals surface area (Å²) in [5.41, 5.74) is 3.49. The zero-order valence-corrected chi connectivity index (χ0v) is 9.06. The second kappa shape index (κ2) is 3.50. The van der Waals surface area contributed by atoms with Crippen molar-refractivity contribution in [2.75, 3.05) is 12.4 Å². The molecule has 0 atom stereocenters. The molecule has 0 aliphatic rings. The van der Waals surface area contributed by atoms with Gasteiger partial charge in [-0.2, -0.15) is 0 Å². The predicted octanol–water partition coefficient (Wildman–Crippen LogP) is 3.03. The molecule has 0 saturated heterocycles. The molecule has 3 heteroatoms. The molecule has 0 aliphatic carbocycles. The molecule has 2 rings (SSSR count). The van der Waals surface area contributed by atoms with Crippen molar-refractivity contribution in [3.8, 4) is 0 Å². The van der Waals surface area contributed by atoms with E-state index in [4.69, 9.17) is 0 Å². The Balaban J connectivity index is 2.90. The fourth-order valence-electron chi connectivity index (χ4n) is 1.86. The lowest BCUT2D eigenvalue weighted by Gasteiger charge is -2.09. The molecule has 1 N–H and O–H groups in total. The summed E-state index contributed by atoms with van der Waals surface area (Å²) >= 11 is 0. The Morgan fingerprint density at radius 2 is 1.93 bits per heavy atom. The van der Waals surface area contributed by atoms with Crippen LogP contribution in [0.4, 0.5) is 10.1 Å². The van der Waals surface area contributed by atoms with E-state index in [1.54, 1.807) is 0 Å². The number of hydrogen-bond donors (Lipinski definition) is 1. The lowest BCUT2D eigenvalue weighted by molar-refractivity contribution is 0.628. The van der Waals surface area contributed by atoms with Gasteiger partial charge in [-0.1, -0.05) is 0 Å². The van der Waals surface area contributed by atoms with Crippen LogP contribution in [-0.4, -0.2) is 12.0 Å². The molecule has 0 spiro atoms. The van der Waals surface area contributed by atoms with Crippen molar-refractivity contribution in [1.82, 2.24) is 4.98 Å². The summed E-state index contributed by atoms with van der Waals surface area (Å²) in [5, 5.41) is 4.10. The van der Waals surface area contributed by atoms with Crippen LogP contribution >= 0.6 is 0 Å². The van der Waals surface area contributed by atoms with Gasteiger partial charge in [0.25, 0.3) is 0 Å². The van der Waals surface area contributed by atoms with Crippen LogP contribution in [0.5, 0.6) is 0 Å². The number of anilines is 1. The molecule has 0 fully saturated rings. The molecule has 1 aromatic heterocycles. The second-order valence-corrected chi connectivity index (χ2v) is 3.68. The zero-order valence-electron chi connectivity index (χ0n) is 9.06. The van der Waals surface area contributed by atoms with E-state index >= 15 is 0 Å². The molecule has 78 valence electrons. The number of fused-ring (bicyclic) bond motifs is 1. The number of benzene rings is 1. The average Bonchev–Trinajstić information content (AvgIpc) is 2.14. The van der Waals surface area contributed by atoms with Gasteiger partial charge in [0.15, 0.2) is 0 Å². The SMILES string of the molecule is CNc1cc(C)nc2cc(F)cc(C)c12. The fraction of sp³-hybridized carbons (Fsp3) is 0.250. The number of nitrogens with zero attached hydrogens (tertiary/aromatic N) is 1. The highest BCUT2D eigenvalue weighted by molar-refractivity contribution is 5.94. The van der Waals surface area contributed by atoms with Gasteiger partial charge in [0.05, 0.1) is 5.52 Å². The number of hydrogen-bond acceptors (Lipinski definition) is 2. The number of halogens is 1. The van der Waals surface area contributed by atoms with Crippen molar-refractivity contribution in [1.29, 1.82) is 0 Å². The van der Waals surface area contributed by atoms with E-state index in [0.29, 0.717) is 5.52 Å². The molecule has 1 heterocycles. The quantitative estimate of drug-likeness (QED) is 0.772. The first-order valence-electron chi connectivity index (χ1n) is 4.87. The molecule has 0 radical (unpaired) electrons. The predicted molar refractivity (Wildman–Crippen MR) is 60.7 cm³/mol. The molecule has 0 bridgehead atoms. The third kappa shape index (κ3) is 1.65. The first-order chi connectivity index (χ1) is 7.11. The maximum absolute atomic E-state index is 13.2. The Labute approximate surface area is 88.1 Å². The van der Waals surface area contributed by atoms with Crippen molar-refractivity contribution in [2.45, 2.75) is 13.8 Å². The monoisotopic (exact) mass is 204 g/mol. The summed E-state index contributed by atoms with van der Waals surface area (Å²) in [5.74, 6) is -0.236. The van der Waals surface area contributed by atoms with Gasteiger partial charge in [-0.25, -0.2) is 4.39 Å². The Bertz CT molecular complexity index is 515. The van der Waals surface area contributed by atoms with Crippen LogP contribution in [0.1, 0.15) is 11.3 Å². The molecule has 2 aromatic rings. The lowest BCUT2D eigenvalue weighted by Crippen LogP contribution is -1.96. The standard InChI is InChI=1S/C12H13FN2/c1-7-4-9(13)6-11-12(7)10(14-3)5-8(2)15-11/h4-6H,1-3H3,(H,14,15). The van der Waals surface area contributed by atoms with Gasteiger partial charge in [0.2, 0.25) is 0 Å². The summed E-state index contributed by atoms with van der Waals surface area (Å²) in [6.45, 7) is 3.80. The first kappa shape index (κ1) is 9.90. The number of aryl methyl sites for hydroxylation is 2. The minimum atomic E-state index is -0.236. The number of aromatic nitrogens is 1. The van der Waals surface area contributed by atoms with Crippen molar-refractivity contribution in [3.63, 3.8) is 0 Å². The van der Waals surface area contributed by atoms with Gasteiger partial charge in [-0.15, -0.1) is 0 Å². The molecular formula is C12H13FN2. The summed E-state index contributed by atoms with van der Waals surface area (Å²) in [4.78, 5) is 4.33. The van der Waals surface area contributed by atoms with Gasteiger partial charge >= 0.3 is 0 Å². The number of pyridine rings is 1. The maximum Gasteiger partial charge on any atom is 0.125 e. The Morgan fingerprint density at radius 1 is 1.20 bits per heavy atom. The average molecular weight is 204 g/mol. The largest absolute Gasteiger partial charge is 0.388 e. The van der Waals surface area contributed by atoms with Gasteiger partial charge in [-0.3, -0.25) is 4.98 Å². The van der Waals surface area contributed by atoms with E-state index in [1.165, 1.54) is 12.1 Å². The van der Waals surface area contributed by atoms with Crippen LogP contribution in [-0.2, 0) is 0 Å². The van der Waals surface area contributed by atoms with Crippen LogP contribution in [0.3, 0.4) is 0 Å². The molecule has 0 unspecified atom stereocenters.